The molecule has 94 valence electrons. The maximum atomic E-state index is 9.87. The quantitative estimate of drug-likeness (QED) is 0.792. The van der Waals surface area contributed by atoms with Gasteiger partial charge in [-0.3, -0.25) is 0 Å². The van der Waals surface area contributed by atoms with Crippen molar-refractivity contribution in [1.29, 1.82) is 0 Å². The molecule has 17 heavy (non-hydrogen) atoms. The summed E-state index contributed by atoms with van der Waals surface area (Å²) in [5.74, 6) is 0. The molecule has 0 spiro atoms. The van der Waals surface area contributed by atoms with Gasteiger partial charge in [-0.05, 0) is 5.56 Å². The Kier molecular flexibility index (Phi) is 4.94. The molecule has 2 atom stereocenters. The lowest BCUT2D eigenvalue weighted by Crippen LogP contribution is -2.41. The zero-order chi connectivity index (χ0) is 11.9. The van der Waals surface area contributed by atoms with Gasteiger partial charge in [0.25, 0.3) is 0 Å². The highest BCUT2D eigenvalue weighted by Gasteiger charge is 2.14. The Labute approximate surface area is 102 Å². The van der Waals surface area contributed by atoms with E-state index >= 15 is 0 Å². The molecule has 0 amide bonds. The lowest BCUT2D eigenvalue weighted by atomic mass is 10.1. The van der Waals surface area contributed by atoms with E-state index in [0.717, 1.165) is 25.3 Å². The van der Waals surface area contributed by atoms with Crippen LogP contribution in [0.3, 0.4) is 0 Å². The van der Waals surface area contributed by atoms with Gasteiger partial charge in [-0.25, -0.2) is 0 Å². The maximum Gasteiger partial charge on any atom is 0.102 e. The molecular weight excluding hydrogens is 218 g/mol. The van der Waals surface area contributed by atoms with Crippen molar-refractivity contribution in [1.82, 2.24) is 5.32 Å². The largest absolute Gasteiger partial charge is 0.386 e. The molecule has 1 fully saturated rings. The molecule has 4 nitrogen and oxygen atoms in total. The van der Waals surface area contributed by atoms with Crippen molar-refractivity contribution in [3.63, 3.8) is 0 Å². The summed E-state index contributed by atoms with van der Waals surface area (Å²) in [6.07, 6.45) is -0.459. The third-order valence-electron chi connectivity index (χ3n) is 2.77. The fourth-order valence-corrected chi connectivity index (χ4v) is 1.81. The number of morpholine rings is 1. The van der Waals surface area contributed by atoms with Crippen LogP contribution in [0.5, 0.6) is 0 Å². The van der Waals surface area contributed by atoms with Crippen LogP contribution in [-0.2, 0) is 9.47 Å². The Hall–Kier alpha value is -0.940. The predicted octanol–water partition coefficient (Wildman–Crippen LogP) is 0.725. The van der Waals surface area contributed by atoms with Crippen LogP contribution in [0.15, 0.2) is 30.3 Å². The number of aliphatic hydroxyl groups excluding tert-OH is 1. The minimum Gasteiger partial charge on any atom is -0.386 e. The fourth-order valence-electron chi connectivity index (χ4n) is 1.81. The summed E-state index contributed by atoms with van der Waals surface area (Å²) in [7, 11) is 0. The maximum absolute atomic E-state index is 9.87. The summed E-state index contributed by atoms with van der Waals surface area (Å²) in [4.78, 5) is 0. The third-order valence-corrected chi connectivity index (χ3v) is 2.77. The van der Waals surface area contributed by atoms with E-state index in [1.165, 1.54) is 0 Å². The Morgan fingerprint density at radius 1 is 1.41 bits per heavy atom. The molecule has 0 saturated carbocycles. The van der Waals surface area contributed by atoms with E-state index in [1.54, 1.807) is 0 Å². The minimum atomic E-state index is -0.562. The van der Waals surface area contributed by atoms with Gasteiger partial charge in [0, 0.05) is 13.1 Å². The first-order valence-electron chi connectivity index (χ1n) is 5.99. The van der Waals surface area contributed by atoms with E-state index in [4.69, 9.17) is 9.47 Å². The van der Waals surface area contributed by atoms with Gasteiger partial charge in [0.15, 0.2) is 0 Å². The average Bonchev–Trinajstić information content (AvgIpc) is 2.41. The number of aliphatic hydroxyl groups is 1. The molecule has 4 heteroatoms. The number of hydrogen-bond acceptors (Lipinski definition) is 4. The van der Waals surface area contributed by atoms with Crippen LogP contribution in [0.4, 0.5) is 0 Å². The Morgan fingerprint density at radius 3 is 2.94 bits per heavy atom. The van der Waals surface area contributed by atoms with E-state index in [-0.39, 0.29) is 6.10 Å². The third kappa shape index (κ3) is 4.09. The van der Waals surface area contributed by atoms with Crippen molar-refractivity contribution in [3.8, 4) is 0 Å². The molecule has 0 aliphatic carbocycles. The Morgan fingerprint density at radius 2 is 2.24 bits per heavy atom. The predicted molar refractivity (Wildman–Crippen MR) is 64.8 cm³/mol. The molecule has 2 N–H and O–H groups in total. The fraction of sp³-hybridized carbons (Fsp3) is 0.538. The highest BCUT2D eigenvalue weighted by molar-refractivity contribution is 5.17. The molecule has 1 aliphatic heterocycles. The van der Waals surface area contributed by atoms with Gasteiger partial charge in [-0.1, -0.05) is 30.3 Å². The second-order valence-electron chi connectivity index (χ2n) is 4.16. The number of rotatable bonds is 5. The summed E-state index contributed by atoms with van der Waals surface area (Å²) in [5, 5.41) is 13.1. The van der Waals surface area contributed by atoms with E-state index in [9.17, 15) is 5.11 Å². The Bertz CT molecular complexity index is 312. The molecule has 1 heterocycles. The topological polar surface area (TPSA) is 50.7 Å². The first kappa shape index (κ1) is 12.5. The summed E-state index contributed by atoms with van der Waals surface area (Å²) in [6.45, 7) is 3.29. The van der Waals surface area contributed by atoms with Crippen LogP contribution >= 0.6 is 0 Å². The molecule has 0 radical (unpaired) electrons. The van der Waals surface area contributed by atoms with Crippen molar-refractivity contribution >= 4 is 0 Å². The molecule has 0 aromatic heterocycles. The van der Waals surface area contributed by atoms with Crippen LogP contribution in [0.25, 0.3) is 0 Å². The van der Waals surface area contributed by atoms with E-state index in [1.807, 2.05) is 30.3 Å². The molecule has 0 unspecified atom stereocenters. The van der Waals surface area contributed by atoms with Crippen molar-refractivity contribution < 1.29 is 14.6 Å². The normalized spacial score (nSPS) is 22.3. The van der Waals surface area contributed by atoms with Crippen molar-refractivity contribution in [2.24, 2.45) is 0 Å². The van der Waals surface area contributed by atoms with Gasteiger partial charge < -0.3 is 19.9 Å². The van der Waals surface area contributed by atoms with Crippen LogP contribution in [0.1, 0.15) is 11.7 Å². The summed E-state index contributed by atoms with van der Waals surface area (Å²) in [5.41, 5.74) is 0.884. The lowest BCUT2D eigenvalue weighted by molar-refractivity contribution is -0.0501. The monoisotopic (exact) mass is 237 g/mol. The highest BCUT2D eigenvalue weighted by atomic mass is 16.5. The number of benzene rings is 1. The van der Waals surface area contributed by atoms with Gasteiger partial charge in [0.05, 0.1) is 25.9 Å². The minimum absolute atomic E-state index is 0.103. The smallest absolute Gasteiger partial charge is 0.102 e. The zero-order valence-corrected chi connectivity index (χ0v) is 9.84. The van der Waals surface area contributed by atoms with E-state index in [0.29, 0.717) is 13.2 Å². The van der Waals surface area contributed by atoms with Gasteiger partial charge >= 0.3 is 0 Å². The summed E-state index contributed by atoms with van der Waals surface area (Å²) < 4.78 is 11.0. The number of hydrogen-bond donors (Lipinski definition) is 2. The number of ether oxygens (including phenoxy) is 2. The second-order valence-corrected chi connectivity index (χ2v) is 4.16. The Balaban J connectivity index is 1.67. The molecule has 2 rings (SSSR count). The molecule has 0 bridgehead atoms. The first-order chi connectivity index (χ1) is 8.36. The van der Waals surface area contributed by atoms with Gasteiger partial charge in [0.1, 0.15) is 6.10 Å². The molecule has 1 saturated heterocycles. The van der Waals surface area contributed by atoms with Gasteiger partial charge in [0.2, 0.25) is 0 Å². The zero-order valence-electron chi connectivity index (χ0n) is 9.84. The standard InChI is InChI=1S/C13H19NO3/c15-13(11-4-2-1-3-5-11)10-16-9-12-8-14-6-7-17-12/h1-5,12-15H,6-10H2/t12-,13-/m0/s1. The molecule has 1 aromatic carbocycles. The summed E-state index contributed by atoms with van der Waals surface area (Å²) in [6, 6.07) is 9.54. The van der Waals surface area contributed by atoms with E-state index in [2.05, 4.69) is 5.32 Å². The first-order valence-corrected chi connectivity index (χ1v) is 5.99. The average molecular weight is 237 g/mol. The van der Waals surface area contributed by atoms with Crippen molar-refractivity contribution in [3.05, 3.63) is 35.9 Å². The van der Waals surface area contributed by atoms with Crippen molar-refractivity contribution in [2.75, 3.05) is 32.9 Å². The highest BCUT2D eigenvalue weighted by Crippen LogP contribution is 2.12. The number of nitrogens with one attached hydrogen (secondary N) is 1. The summed E-state index contributed by atoms with van der Waals surface area (Å²) >= 11 is 0. The SMILES string of the molecule is O[C@@H](COC[C@@H]1CNCCO1)c1ccccc1. The van der Waals surface area contributed by atoms with E-state index < -0.39 is 6.10 Å². The van der Waals surface area contributed by atoms with Crippen molar-refractivity contribution in [2.45, 2.75) is 12.2 Å². The van der Waals surface area contributed by atoms with Gasteiger partial charge in [-0.2, -0.15) is 0 Å². The molecule has 1 aromatic rings. The molecule has 1 aliphatic rings. The van der Waals surface area contributed by atoms with Gasteiger partial charge in [-0.15, -0.1) is 0 Å². The van der Waals surface area contributed by atoms with Crippen LogP contribution < -0.4 is 5.32 Å². The second kappa shape index (κ2) is 6.71. The van der Waals surface area contributed by atoms with Crippen LogP contribution in [0.2, 0.25) is 0 Å². The van der Waals surface area contributed by atoms with Crippen LogP contribution in [0, 0.1) is 0 Å². The van der Waals surface area contributed by atoms with Crippen LogP contribution in [-0.4, -0.2) is 44.1 Å². The molecular formula is C13H19NO3. The lowest BCUT2D eigenvalue weighted by Gasteiger charge is -2.23.